The van der Waals surface area contributed by atoms with Crippen LogP contribution in [0.3, 0.4) is 0 Å². The second kappa shape index (κ2) is 6.53. The number of benzene rings is 1. The van der Waals surface area contributed by atoms with Crippen molar-refractivity contribution in [1.29, 1.82) is 0 Å². The number of rotatable bonds is 4. The zero-order chi connectivity index (χ0) is 15.2. The summed E-state index contributed by atoms with van der Waals surface area (Å²) in [6.45, 7) is 1.54. The number of nitrogens with two attached hydrogens (primary N) is 1. The Hall–Kier alpha value is -2.87. The third-order valence-electron chi connectivity index (χ3n) is 2.51. The van der Waals surface area contributed by atoms with Crippen LogP contribution in [0.5, 0.6) is 5.75 Å². The van der Waals surface area contributed by atoms with Crippen molar-refractivity contribution < 1.29 is 18.8 Å². The average Bonchev–Trinajstić information content (AvgIpc) is 2.86. The molecule has 0 radical (unpaired) electrons. The van der Waals surface area contributed by atoms with E-state index >= 15 is 0 Å². The van der Waals surface area contributed by atoms with Crippen LogP contribution in [0.2, 0.25) is 0 Å². The predicted octanol–water partition coefficient (Wildman–Crippen LogP) is 1.49. The molecule has 2 amide bonds. The molecular weight excluding hydrogens is 276 g/mol. The fourth-order valence-corrected chi connectivity index (χ4v) is 1.48. The van der Waals surface area contributed by atoms with Crippen molar-refractivity contribution in [2.45, 2.75) is 6.92 Å². The van der Waals surface area contributed by atoms with Gasteiger partial charge in [-0.3, -0.25) is 10.1 Å². The normalized spacial score (nSPS) is 10.0. The first-order valence-corrected chi connectivity index (χ1v) is 6.08. The van der Waals surface area contributed by atoms with Gasteiger partial charge in [-0.15, -0.1) is 0 Å². The molecule has 0 fully saturated rings. The molecule has 0 atom stereocenters. The van der Waals surface area contributed by atoms with Crippen LogP contribution in [0.15, 0.2) is 35.0 Å². The quantitative estimate of drug-likeness (QED) is 0.784. The Morgan fingerprint density at radius 2 is 1.86 bits per heavy atom. The summed E-state index contributed by atoms with van der Waals surface area (Å²) in [5.74, 6) is 0.363. The lowest BCUT2D eigenvalue weighted by Crippen LogP contribution is -2.21. The first-order valence-electron chi connectivity index (χ1n) is 6.08. The molecule has 2 aromatic rings. The van der Waals surface area contributed by atoms with E-state index in [0.717, 1.165) is 0 Å². The van der Waals surface area contributed by atoms with Gasteiger partial charge in [-0.1, -0.05) is 5.16 Å². The van der Waals surface area contributed by atoms with Gasteiger partial charge in [0.25, 0.3) is 0 Å². The second-order valence-corrected chi connectivity index (χ2v) is 4.09. The third-order valence-corrected chi connectivity index (χ3v) is 2.51. The Labute approximate surface area is 120 Å². The fourth-order valence-electron chi connectivity index (χ4n) is 1.48. The molecule has 0 aliphatic carbocycles. The average molecular weight is 290 g/mol. The highest BCUT2D eigenvalue weighted by Crippen LogP contribution is 2.17. The largest absolute Gasteiger partial charge is 0.417 e. The molecule has 0 spiro atoms. The number of carbonyl (C=O) groups is 2. The van der Waals surface area contributed by atoms with Crippen LogP contribution in [0.25, 0.3) is 0 Å². The van der Waals surface area contributed by atoms with Crippen molar-refractivity contribution in [2.75, 3.05) is 17.2 Å². The third kappa shape index (κ3) is 4.05. The van der Waals surface area contributed by atoms with Crippen molar-refractivity contribution in [3.05, 3.63) is 36.2 Å². The number of hydrogen-bond acceptors (Lipinski definition) is 6. The van der Waals surface area contributed by atoms with Crippen LogP contribution in [0.4, 0.5) is 16.2 Å². The molecule has 2 rings (SSSR count). The number of anilines is 2. The van der Waals surface area contributed by atoms with Gasteiger partial charge in [0.1, 0.15) is 6.20 Å². The van der Waals surface area contributed by atoms with E-state index in [1.807, 2.05) is 0 Å². The summed E-state index contributed by atoms with van der Waals surface area (Å²) in [4.78, 5) is 22.8. The standard InChI is InChI=1S/C13H14N4O4/c1-8-11(7-15-21-8)20-13(19)17-10-4-2-9(3-5-10)16-12(18)6-14/h2-5,7H,6,14H2,1H3,(H,16,18)(H,17,19). The molecule has 8 heteroatoms. The Morgan fingerprint density at radius 3 is 2.38 bits per heavy atom. The van der Waals surface area contributed by atoms with Crippen LogP contribution in [-0.2, 0) is 4.79 Å². The van der Waals surface area contributed by atoms with Crippen molar-refractivity contribution in [1.82, 2.24) is 5.16 Å². The van der Waals surface area contributed by atoms with Gasteiger partial charge in [0.15, 0.2) is 11.5 Å². The van der Waals surface area contributed by atoms with Gasteiger partial charge < -0.3 is 20.3 Å². The monoisotopic (exact) mass is 290 g/mol. The lowest BCUT2D eigenvalue weighted by atomic mass is 10.3. The number of amides is 2. The van der Waals surface area contributed by atoms with E-state index in [0.29, 0.717) is 17.1 Å². The lowest BCUT2D eigenvalue weighted by Gasteiger charge is -2.07. The predicted molar refractivity (Wildman–Crippen MR) is 75.0 cm³/mol. The minimum atomic E-state index is -0.667. The van der Waals surface area contributed by atoms with E-state index in [-0.39, 0.29) is 18.2 Å². The van der Waals surface area contributed by atoms with Crippen LogP contribution in [0, 0.1) is 6.92 Å². The topological polar surface area (TPSA) is 119 Å². The van der Waals surface area contributed by atoms with Crippen molar-refractivity contribution in [3.63, 3.8) is 0 Å². The van der Waals surface area contributed by atoms with Crippen molar-refractivity contribution >= 4 is 23.4 Å². The van der Waals surface area contributed by atoms with Crippen LogP contribution in [0.1, 0.15) is 5.76 Å². The summed E-state index contributed by atoms with van der Waals surface area (Å²) >= 11 is 0. The molecule has 8 nitrogen and oxygen atoms in total. The first-order chi connectivity index (χ1) is 10.1. The van der Waals surface area contributed by atoms with Gasteiger partial charge in [-0.2, -0.15) is 0 Å². The molecule has 0 aliphatic rings. The maximum absolute atomic E-state index is 11.7. The van der Waals surface area contributed by atoms with Gasteiger partial charge in [0.2, 0.25) is 5.91 Å². The minimum Gasteiger partial charge on any atom is -0.405 e. The Kier molecular flexibility index (Phi) is 4.52. The zero-order valence-electron chi connectivity index (χ0n) is 11.3. The van der Waals surface area contributed by atoms with E-state index in [1.165, 1.54) is 6.20 Å². The molecule has 1 aromatic heterocycles. The number of carbonyl (C=O) groups excluding carboxylic acids is 2. The number of ether oxygens (including phenoxy) is 1. The summed E-state index contributed by atoms with van der Waals surface area (Å²) in [5, 5.41) is 8.62. The van der Waals surface area contributed by atoms with Crippen molar-refractivity contribution in [3.8, 4) is 5.75 Å². The van der Waals surface area contributed by atoms with E-state index in [9.17, 15) is 9.59 Å². The SMILES string of the molecule is Cc1oncc1OC(=O)Nc1ccc(NC(=O)CN)cc1. The van der Waals surface area contributed by atoms with Gasteiger partial charge in [0, 0.05) is 18.3 Å². The molecule has 0 saturated carbocycles. The number of hydrogen-bond donors (Lipinski definition) is 3. The number of nitrogens with one attached hydrogen (secondary N) is 2. The van der Waals surface area contributed by atoms with Gasteiger partial charge in [-0.25, -0.2) is 4.79 Å². The molecule has 110 valence electrons. The number of aromatic nitrogens is 1. The summed E-state index contributed by atoms with van der Waals surface area (Å²) in [7, 11) is 0. The molecule has 0 unspecified atom stereocenters. The highest BCUT2D eigenvalue weighted by molar-refractivity contribution is 5.92. The molecule has 1 aromatic carbocycles. The smallest absolute Gasteiger partial charge is 0.405 e. The summed E-state index contributed by atoms with van der Waals surface area (Å²) < 4.78 is 9.78. The van der Waals surface area contributed by atoms with Gasteiger partial charge in [0.05, 0.1) is 6.54 Å². The van der Waals surface area contributed by atoms with Crippen LogP contribution < -0.4 is 21.1 Å². The van der Waals surface area contributed by atoms with Gasteiger partial charge >= 0.3 is 6.09 Å². The lowest BCUT2D eigenvalue weighted by molar-refractivity contribution is -0.114. The van der Waals surface area contributed by atoms with E-state index in [1.54, 1.807) is 31.2 Å². The summed E-state index contributed by atoms with van der Waals surface area (Å²) in [5.41, 5.74) is 6.29. The maximum Gasteiger partial charge on any atom is 0.417 e. The fraction of sp³-hybridized carbons (Fsp3) is 0.154. The first kappa shape index (κ1) is 14.5. The van der Waals surface area contributed by atoms with Crippen LogP contribution in [-0.4, -0.2) is 23.7 Å². The minimum absolute atomic E-state index is 0.0928. The Bertz CT molecular complexity index is 636. The molecule has 0 saturated heterocycles. The highest BCUT2D eigenvalue weighted by Gasteiger charge is 2.10. The van der Waals surface area contributed by atoms with E-state index < -0.39 is 6.09 Å². The molecule has 0 aliphatic heterocycles. The van der Waals surface area contributed by atoms with Gasteiger partial charge in [-0.05, 0) is 24.3 Å². The van der Waals surface area contributed by atoms with E-state index in [2.05, 4.69) is 15.8 Å². The summed E-state index contributed by atoms with van der Waals surface area (Å²) in [6, 6.07) is 6.50. The zero-order valence-corrected chi connectivity index (χ0v) is 11.3. The molecule has 1 heterocycles. The highest BCUT2D eigenvalue weighted by atomic mass is 16.6. The van der Waals surface area contributed by atoms with Crippen molar-refractivity contribution in [2.24, 2.45) is 5.73 Å². The molecule has 21 heavy (non-hydrogen) atoms. The molecule has 4 N–H and O–H groups in total. The van der Waals surface area contributed by atoms with E-state index in [4.69, 9.17) is 15.0 Å². The Balaban J connectivity index is 1.92. The second-order valence-electron chi connectivity index (χ2n) is 4.09. The molecular formula is C13H14N4O4. The van der Waals surface area contributed by atoms with Crippen LogP contribution >= 0.6 is 0 Å². The summed E-state index contributed by atoms with van der Waals surface area (Å²) in [6.07, 6.45) is 0.639. The number of nitrogens with zero attached hydrogens (tertiary/aromatic N) is 1. The molecule has 0 bridgehead atoms. The Morgan fingerprint density at radius 1 is 1.24 bits per heavy atom. The number of aryl methyl sites for hydroxylation is 1. The maximum atomic E-state index is 11.7.